The van der Waals surface area contributed by atoms with Crippen LogP contribution in [0.4, 0.5) is 0 Å². The Morgan fingerprint density at radius 1 is 1.19 bits per heavy atom. The molecule has 1 heterocycles. The average Bonchev–Trinajstić information content (AvgIpc) is 2.66. The summed E-state index contributed by atoms with van der Waals surface area (Å²) in [6.07, 6.45) is 0.259. The highest BCUT2D eigenvalue weighted by Crippen LogP contribution is 2.36. The second-order valence-corrected chi connectivity index (χ2v) is 7.26. The Morgan fingerprint density at radius 2 is 1.92 bits per heavy atom. The van der Waals surface area contributed by atoms with Crippen LogP contribution < -0.4 is 10.1 Å². The van der Waals surface area contributed by atoms with Gasteiger partial charge in [0, 0.05) is 23.1 Å². The molecular formula is C20H17ClN2O2S. The summed E-state index contributed by atoms with van der Waals surface area (Å²) in [7, 11) is 0. The topological polar surface area (TPSA) is 62.1 Å². The summed E-state index contributed by atoms with van der Waals surface area (Å²) in [6.45, 7) is 0.484. The van der Waals surface area contributed by atoms with Crippen LogP contribution in [0, 0.1) is 11.3 Å². The summed E-state index contributed by atoms with van der Waals surface area (Å²) in [5.74, 6) is 1.09. The number of amides is 1. The van der Waals surface area contributed by atoms with Crippen LogP contribution in [0.3, 0.4) is 0 Å². The maximum absolute atomic E-state index is 12.1. The summed E-state index contributed by atoms with van der Waals surface area (Å²) in [6, 6.07) is 19.1. The Balaban J connectivity index is 1.69. The predicted molar refractivity (Wildman–Crippen MR) is 104 cm³/mol. The monoisotopic (exact) mass is 384 g/mol. The van der Waals surface area contributed by atoms with Gasteiger partial charge in [-0.3, -0.25) is 4.79 Å². The van der Waals surface area contributed by atoms with Crippen LogP contribution in [0.2, 0.25) is 5.02 Å². The molecule has 1 aliphatic heterocycles. The molecule has 0 saturated carbocycles. The second kappa shape index (κ2) is 8.79. The van der Waals surface area contributed by atoms with Gasteiger partial charge in [-0.05, 0) is 29.8 Å². The number of carbonyl (C=O) groups is 1. The number of carbonyl (C=O) groups excluding carboxylic acids is 1. The van der Waals surface area contributed by atoms with Crippen LogP contribution in [0.25, 0.3) is 0 Å². The minimum atomic E-state index is -0.247. The molecule has 6 heteroatoms. The molecule has 0 saturated heterocycles. The van der Waals surface area contributed by atoms with Crippen molar-refractivity contribution in [1.82, 2.24) is 5.32 Å². The quantitative estimate of drug-likeness (QED) is 0.745. The molecule has 3 rings (SSSR count). The molecule has 132 valence electrons. The molecule has 26 heavy (non-hydrogen) atoms. The number of thioether (sulfide) groups is 1. The SMILES string of the molecule is N#CC1=C(SCCOc2ccccc2)NC(=O)C[C@H]1c1ccc(Cl)cc1. The molecule has 2 aromatic rings. The van der Waals surface area contributed by atoms with Crippen molar-refractivity contribution in [2.24, 2.45) is 0 Å². The smallest absolute Gasteiger partial charge is 0.225 e. The number of benzene rings is 2. The summed E-state index contributed by atoms with van der Waals surface area (Å²) >= 11 is 7.37. The highest BCUT2D eigenvalue weighted by molar-refractivity contribution is 8.03. The predicted octanol–water partition coefficient (Wildman–Crippen LogP) is 4.49. The van der Waals surface area contributed by atoms with Crippen molar-refractivity contribution in [2.75, 3.05) is 12.4 Å². The zero-order valence-electron chi connectivity index (χ0n) is 13.9. The fraction of sp³-hybridized carbons (Fsp3) is 0.200. The zero-order valence-corrected chi connectivity index (χ0v) is 15.5. The van der Waals surface area contributed by atoms with Crippen LogP contribution in [0.15, 0.2) is 65.2 Å². The standard InChI is InChI=1S/C20H17ClN2O2S/c21-15-8-6-14(7-9-15)17-12-19(24)23-20(18(17)13-22)26-11-10-25-16-4-2-1-3-5-16/h1-9,17H,10-12H2,(H,23,24)/t17-/m0/s1. The molecular weight excluding hydrogens is 368 g/mol. The average molecular weight is 385 g/mol. The Labute approximate surface area is 161 Å². The maximum atomic E-state index is 12.1. The van der Waals surface area contributed by atoms with Crippen molar-refractivity contribution in [3.8, 4) is 11.8 Å². The molecule has 0 aliphatic carbocycles. The summed E-state index contributed by atoms with van der Waals surface area (Å²) in [4.78, 5) is 12.1. The first-order chi connectivity index (χ1) is 12.7. The summed E-state index contributed by atoms with van der Waals surface area (Å²) < 4.78 is 5.66. The number of nitrogens with one attached hydrogen (secondary N) is 1. The van der Waals surface area contributed by atoms with Gasteiger partial charge >= 0.3 is 0 Å². The van der Waals surface area contributed by atoms with E-state index in [1.807, 2.05) is 42.5 Å². The number of nitriles is 1. The van der Waals surface area contributed by atoms with Crippen molar-refractivity contribution in [1.29, 1.82) is 5.26 Å². The molecule has 1 amide bonds. The molecule has 4 nitrogen and oxygen atoms in total. The van der Waals surface area contributed by atoms with E-state index in [2.05, 4.69) is 11.4 Å². The molecule has 1 N–H and O–H groups in total. The number of halogens is 1. The van der Waals surface area contributed by atoms with E-state index in [0.29, 0.717) is 28.0 Å². The first-order valence-electron chi connectivity index (χ1n) is 8.17. The zero-order chi connectivity index (χ0) is 18.4. The highest BCUT2D eigenvalue weighted by atomic mass is 35.5. The van der Waals surface area contributed by atoms with Gasteiger partial charge in [-0.1, -0.05) is 41.9 Å². The molecule has 0 spiro atoms. The van der Waals surface area contributed by atoms with E-state index < -0.39 is 0 Å². The molecule has 0 bridgehead atoms. The van der Waals surface area contributed by atoms with E-state index in [0.717, 1.165) is 11.3 Å². The van der Waals surface area contributed by atoms with E-state index in [-0.39, 0.29) is 18.2 Å². The van der Waals surface area contributed by atoms with Gasteiger partial charge < -0.3 is 10.1 Å². The van der Waals surface area contributed by atoms with Gasteiger partial charge in [0.15, 0.2) is 0 Å². The Hall–Kier alpha value is -2.42. The van der Waals surface area contributed by atoms with Crippen molar-refractivity contribution >= 4 is 29.3 Å². The molecule has 2 aromatic carbocycles. The van der Waals surface area contributed by atoms with E-state index >= 15 is 0 Å². The van der Waals surface area contributed by atoms with Crippen molar-refractivity contribution in [3.63, 3.8) is 0 Å². The largest absolute Gasteiger partial charge is 0.493 e. The van der Waals surface area contributed by atoms with Gasteiger partial charge in [0.1, 0.15) is 5.75 Å². The Bertz CT molecular complexity index is 844. The molecule has 0 aromatic heterocycles. The van der Waals surface area contributed by atoms with Gasteiger partial charge in [0.05, 0.1) is 23.3 Å². The normalized spacial score (nSPS) is 16.8. The van der Waals surface area contributed by atoms with Crippen LogP contribution in [0.1, 0.15) is 17.9 Å². The third kappa shape index (κ3) is 4.60. The number of nitrogens with zero attached hydrogens (tertiary/aromatic N) is 1. The minimum Gasteiger partial charge on any atom is -0.493 e. The number of para-hydroxylation sites is 1. The van der Waals surface area contributed by atoms with Crippen LogP contribution in [0.5, 0.6) is 5.75 Å². The third-order valence-corrected chi connectivity index (χ3v) is 5.20. The highest BCUT2D eigenvalue weighted by Gasteiger charge is 2.29. The van der Waals surface area contributed by atoms with Crippen LogP contribution in [-0.2, 0) is 4.79 Å². The van der Waals surface area contributed by atoms with Crippen LogP contribution >= 0.6 is 23.4 Å². The summed E-state index contributed by atoms with van der Waals surface area (Å²) in [5.41, 5.74) is 1.50. The lowest BCUT2D eigenvalue weighted by Crippen LogP contribution is -2.31. The molecule has 0 radical (unpaired) electrons. The van der Waals surface area contributed by atoms with Crippen molar-refractivity contribution in [2.45, 2.75) is 12.3 Å². The van der Waals surface area contributed by atoms with Crippen molar-refractivity contribution in [3.05, 3.63) is 75.8 Å². The fourth-order valence-electron chi connectivity index (χ4n) is 2.73. The fourth-order valence-corrected chi connectivity index (χ4v) is 3.76. The minimum absolute atomic E-state index is 0.0876. The summed E-state index contributed by atoms with van der Waals surface area (Å²) in [5, 5.41) is 13.7. The first-order valence-corrected chi connectivity index (χ1v) is 9.54. The lowest BCUT2D eigenvalue weighted by Gasteiger charge is -2.25. The lowest BCUT2D eigenvalue weighted by molar-refractivity contribution is -0.120. The van der Waals surface area contributed by atoms with Crippen LogP contribution in [-0.4, -0.2) is 18.3 Å². The molecule has 0 fully saturated rings. The van der Waals surface area contributed by atoms with Gasteiger partial charge in [-0.25, -0.2) is 0 Å². The van der Waals surface area contributed by atoms with Gasteiger partial charge in [0.25, 0.3) is 0 Å². The number of hydrogen-bond acceptors (Lipinski definition) is 4. The van der Waals surface area contributed by atoms with E-state index in [1.165, 1.54) is 11.8 Å². The van der Waals surface area contributed by atoms with E-state index in [9.17, 15) is 10.1 Å². The molecule has 0 unspecified atom stereocenters. The Morgan fingerprint density at radius 3 is 2.62 bits per heavy atom. The first kappa shape index (κ1) is 18.4. The van der Waals surface area contributed by atoms with Crippen molar-refractivity contribution < 1.29 is 9.53 Å². The third-order valence-electron chi connectivity index (χ3n) is 3.97. The van der Waals surface area contributed by atoms with Gasteiger partial charge in [0.2, 0.25) is 5.91 Å². The molecule has 1 atom stereocenters. The number of hydrogen-bond donors (Lipinski definition) is 1. The Kier molecular flexibility index (Phi) is 6.21. The lowest BCUT2D eigenvalue weighted by atomic mass is 9.87. The molecule has 1 aliphatic rings. The van der Waals surface area contributed by atoms with Gasteiger partial charge in [-0.15, -0.1) is 11.8 Å². The van der Waals surface area contributed by atoms with E-state index in [4.69, 9.17) is 16.3 Å². The van der Waals surface area contributed by atoms with E-state index in [1.54, 1.807) is 12.1 Å². The second-order valence-electron chi connectivity index (χ2n) is 5.72. The maximum Gasteiger partial charge on any atom is 0.225 e. The number of rotatable bonds is 6. The number of allylic oxidation sites excluding steroid dienone is 1. The number of ether oxygens (including phenoxy) is 1. The van der Waals surface area contributed by atoms with Gasteiger partial charge in [-0.2, -0.15) is 5.26 Å².